The van der Waals surface area contributed by atoms with E-state index in [1.807, 2.05) is 46.1 Å². The Morgan fingerprint density at radius 2 is 2.12 bits per heavy atom. The van der Waals surface area contributed by atoms with E-state index in [1.165, 1.54) is 10.8 Å². The second kappa shape index (κ2) is 6.51. The SMILES string of the molecule is O=C(Cn1c(=O)cnc2ccccc21)N1CCC[C@@H]1Cn1cccn1. The summed E-state index contributed by atoms with van der Waals surface area (Å²) in [6.45, 7) is 1.45. The van der Waals surface area contributed by atoms with Gasteiger partial charge in [0.25, 0.3) is 5.56 Å². The third-order valence-corrected chi connectivity index (χ3v) is 4.70. The number of likely N-dealkylation sites (tertiary alicyclic amines) is 1. The number of aromatic nitrogens is 4. The molecule has 0 unspecified atom stereocenters. The molecule has 1 atom stereocenters. The summed E-state index contributed by atoms with van der Waals surface area (Å²) in [5, 5.41) is 4.23. The minimum Gasteiger partial charge on any atom is -0.336 e. The standard InChI is InChI=1S/C18H19N5O2/c24-17-11-19-15-6-1-2-7-16(15)23(17)13-18(25)22-10-3-5-14(22)12-21-9-4-8-20-21/h1-2,4,6-9,11,14H,3,5,10,12-13H2/t14-/m1/s1. The molecule has 0 bridgehead atoms. The van der Waals surface area contributed by atoms with Gasteiger partial charge in [-0.1, -0.05) is 12.1 Å². The predicted molar refractivity (Wildman–Crippen MR) is 93.0 cm³/mol. The summed E-state index contributed by atoms with van der Waals surface area (Å²) in [5.74, 6) is -0.0342. The molecule has 1 aliphatic rings. The number of rotatable bonds is 4. The molecule has 1 aromatic carbocycles. The van der Waals surface area contributed by atoms with Crippen molar-refractivity contribution in [1.82, 2.24) is 24.2 Å². The molecule has 0 aliphatic carbocycles. The van der Waals surface area contributed by atoms with Crippen LogP contribution in [0, 0.1) is 0 Å². The second-order valence-corrected chi connectivity index (χ2v) is 6.28. The van der Waals surface area contributed by atoms with Crippen molar-refractivity contribution in [3.8, 4) is 0 Å². The Kier molecular flexibility index (Phi) is 4.05. The Morgan fingerprint density at radius 1 is 1.24 bits per heavy atom. The summed E-state index contributed by atoms with van der Waals surface area (Å²) in [7, 11) is 0. The molecular formula is C18H19N5O2. The first-order chi connectivity index (χ1) is 12.2. The van der Waals surface area contributed by atoms with Crippen molar-refractivity contribution in [3.05, 3.63) is 59.3 Å². The van der Waals surface area contributed by atoms with Gasteiger partial charge in [0, 0.05) is 18.9 Å². The van der Waals surface area contributed by atoms with E-state index in [2.05, 4.69) is 10.1 Å². The highest BCUT2D eigenvalue weighted by atomic mass is 16.2. The molecule has 1 saturated heterocycles. The van der Waals surface area contributed by atoms with Gasteiger partial charge in [-0.05, 0) is 31.0 Å². The van der Waals surface area contributed by atoms with Gasteiger partial charge >= 0.3 is 0 Å². The Labute approximate surface area is 144 Å². The van der Waals surface area contributed by atoms with Gasteiger partial charge in [-0.15, -0.1) is 0 Å². The first kappa shape index (κ1) is 15.6. The molecule has 128 valence electrons. The zero-order valence-electron chi connectivity index (χ0n) is 13.8. The van der Waals surface area contributed by atoms with Crippen molar-refractivity contribution >= 4 is 16.9 Å². The van der Waals surface area contributed by atoms with E-state index in [0.717, 1.165) is 19.4 Å². The van der Waals surface area contributed by atoms with Crippen molar-refractivity contribution < 1.29 is 4.79 Å². The van der Waals surface area contributed by atoms with Gasteiger partial charge in [0.15, 0.2) is 0 Å². The number of amides is 1. The number of carbonyl (C=O) groups is 1. The van der Waals surface area contributed by atoms with E-state index in [1.54, 1.807) is 6.20 Å². The summed E-state index contributed by atoms with van der Waals surface area (Å²) in [4.78, 5) is 31.1. The van der Waals surface area contributed by atoms with E-state index in [-0.39, 0.29) is 24.1 Å². The van der Waals surface area contributed by atoms with Gasteiger partial charge in [-0.25, -0.2) is 4.98 Å². The molecule has 3 heterocycles. The number of nitrogens with zero attached hydrogens (tertiary/aromatic N) is 5. The van der Waals surface area contributed by atoms with E-state index in [0.29, 0.717) is 17.6 Å². The van der Waals surface area contributed by atoms with Gasteiger partial charge in [0.1, 0.15) is 6.54 Å². The summed E-state index contributed by atoms with van der Waals surface area (Å²) in [6, 6.07) is 9.38. The lowest BCUT2D eigenvalue weighted by Gasteiger charge is -2.25. The quantitative estimate of drug-likeness (QED) is 0.719. The molecule has 2 aromatic heterocycles. The van der Waals surface area contributed by atoms with Gasteiger partial charge < -0.3 is 4.90 Å². The zero-order valence-corrected chi connectivity index (χ0v) is 13.8. The topological polar surface area (TPSA) is 73.0 Å². The number of hydrogen-bond acceptors (Lipinski definition) is 4. The third-order valence-electron chi connectivity index (χ3n) is 4.70. The number of carbonyl (C=O) groups excluding carboxylic acids is 1. The van der Waals surface area contributed by atoms with Gasteiger partial charge in [0.05, 0.1) is 29.8 Å². The Morgan fingerprint density at radius 3 is 2.96 bits per heavy atom. The van der Waals surface area contributed by atoms with Crippen molar-refractivity contribution in [2.45, 2.75) is 32.0 Å². The van der Waals surface area contributed by atoms with Crippen LogP contribution in [0.25, 0.3) is 11.0 Å². The average Bonchev–Trinajstić information content (AvgIpc) is 3.30. The lowest BCUT2D eigenvalue weighted by atomic mass is 10.2. The molecule has 0 N–H and O–H groups in total. The summed E-state index contributed by atoms with van der Waals surface area (Å²) < 4.78 is 3.36. The highest BCUT2D eigenvalue weighted by molar-refractivity contribution is 5.80. The summed E-state index contributed by atoms with van der Waals surface area (Å²) >= 11 is 0. The Bertz CT molecular complexity index is 948. The van der Waals surface area contributed by atoms with Crippen molar-refractivity contribution in [3.63, 3.8) is 0 Å². The van der Waals surface area contributed by atoms with Crippen LogP contribution in [0.3, 0.4) is 0 Å². The minimum absolute atomic E-state index is 0.0342. The third kappa shape index (κ3) is 3.05. The average molecular weight is 337 g/mol. The van der Waals surface area contributed by atoms with Crippen molar-refractivity contribution in [2.75, 3.05) is 6.54 Å². The largest absolute Gasteiger partial charge is 0.336 e. The maximum atomic E-state index is 12.9. The van der Waals surface area contributed by atoms with Crippen LogP contribution in [0.4, 0.5) is 0 Å². The monoisotopic (exact) mass is 337 g/mol. The fourth-order valence-electron chi connectivity index (χ4n) is 3.48. The van der Waals surface area contributed by atoms with E-state index < -0.39 is 0 Å². The number of hydrogen-bond donors (Lipinski definition) is 0. The molecule has 1 amide bonds. The molecule has 7 heteroatoms. The normalized spacial score (nSPS) is 17.3. The fourth-order valence-corrected chi connectivity index (χ4v) is 3.48. The highest BCUT2D eigenvalue weighted by Crippen LogP contribution is 2.19. The zero-order chi connectivity index (χ0) is 17.2. The number of para-hydroxylation sites is 2. The molecule has 3 aromatic rings. The van der Waals surface area contributed by atoms with Crippen molar-refractivity contribution in [2.24, 2.45) is 0 Å². The maximum absolute atomic E-state index is 12.9. The van der Waals surface area contributed by atoms with Crippen LogP contribution in [-0.2, 0) is 17.9 Å². The Balaban J connectivity index is 1.57. The minimum atomic E-state index is -0.255. The molecule has 0 radical (unpaired) electrons. The van der Waals surface area contributed by atoms with Gasteiger partial charge in [0.2, 0.25) is 5.91 Å². The molecular weight excluding hydrogens is 318 g/mol. The maximum Gasteiger partial charge on any atom is 0.269 e. The van der Waals surface area contributed by atoms with Crippen LogP contribution >= 0.6 is 0 Å². The van der Waals surface area contributed by atoms with Crippen LogP contribution in [-0.4, -0.2) is 42.7 Å². The van der Waals surface area contributed by atoms with Gasteiger partial charge in [-0.3, -0.25) is 18.8 Å². The van der Waals surface area contributed by atoms with Crippen LogP contribution in [0.1, 0.15) is 12.8 Å². The first-order valence-corrected chi connectivity index (χ1v) is 8.44. The van der Waals surface area contributed by atoms with Crippen LogP contribution in [0.5, 0.6) is 0 Å². The molecule has 4 rings (SSSR count). The van der Waals surface area contributed by atoms with Gasteiger partial charge in [-0.2, -0.15) is 5.10 Å². The molecule has 7 nitrogen and oxygen atoms in total. The van der Waals surface area contributed by atoms with Crippen LogP contribution < -0.4 is 5.56 Å². The predicted octanol–water partition coefficient (Wildman–Crippen LogP) is 1.28. The molecule has 0 saturated carbocycles. The van der Waals surface area contributed by atoms with Crippen LogP contribution in [0.15, 0.2) is 53.7 Å². The molecule has 1 fully saturated rings. The Hall–Kier alpha value is -2.96. The first-order valence-electron chi connectivity index (χ1n) is 8.44. The molecule has 25 heavy (non-hydrogen) atoms. The number of fused-ring (bicyclic) bond motifs is 1. The van der Waals surface area contributed by atoms with Crippen molar-refractivity contribution in [1.29, 1.82) is 0 Å². The highest BCUT2D eigenvalue weighted by Gasteiger charge is 2.29. The molecule has 1 aliphatic heterocycles. The van der Waals surface area contributed by atoms with E-state index >= 15 is 0 Å². The summed E-state index contributed by atoms with van der Waals surface area (Å²) in [6.07, 6.45) is 6.85. The smallest absolute Gasteiger partial charge is 0.269 e. The summed E-state index contributed by atoms with van der Waals surface area (Å²) in [5.41, 5.74) is 1.14. The van der Waals surface area contributed by atoms with E-state index in [9.17, 15) is 9.59 Å². The lowest BCUT2D eigenvalue weighted by Crippen LogP contribution is -2.41. The molecule has 0 spiro atoms. The fraction of sp³-hybridized carbons (Fsp3) is 0.333. The lowest BCUT2D eigenvalue weighted by molar-refractivity contribution is -0.132. The number of benzene rings is 1. The second-order valence-electron chi connectivity index (χ2n) is 6.28. The van der Waals surface area contributed by atoms with E-state index in [4.69, 9.17) is 0 Å². The van der Waals surface area contributed by atoms with Crippen LogP contribution in [0.2, 0.25) is 0 Å².